The summed E-state index contributed by atoms with van der Waals surface area (Å²) in [4.78, 5) is 1.65. The lowest BCUT2D eigenvalue weighted by Crippen LogP contribution is -2.18. The molecular weight excluding hydrogens is 240 g/mol. The summed E-state index contributed by atoms with van der Waals surface area (Å²) < 4.78 is 25.4. The van der Waals surface area contributed by atoms with Crippen molar-refractivity contribution in [3.63, 3.8) is 0 Å². The quantitative estimate of drug-likeness (QED) is 0.883. The van der Waals surface area contributed by atoms with Crippen molar-refractivity contribution in [1.29, 1.82) is 0 Å². The number of halogens is 2. The van der Waals surface area contributed by atoms with Gasteiger partial charge in [0.1, 0.15) is 0 Å². The third-order valence-electron chi connectivity index (χ3n) is 2.61. The fourth-order valence-electron chi connectivity index (χ4n) is 1.65. The minimum absolute atomic E-state index is 0.0214. The van der Waals surface area contributed by atoms with Crippen molar-refractivity contribution in [2.75, 3.05) is 6.54 Å². The maximum Gasteiger partial charge on any atom is 0.247 e. The average molecular weight is 253 g/mol. The highest BCUT2D eigenvalue weighted by molar-refractivity contribution is 7.15. The van der Waals surface area contributed by atoms with Crippen LogP contribution in [0.3, 0.4) is 0 Å². The average Bonchev–Trinajstić information content (AvgIpc) is 2.80. The Morgan fingerprint density at radius 1 is 1.06 bits per heavy atom. The largest absolute Gasteiger partial charge is 0.330 e. The normalized spacial score (nSPS) is 12.9. The second-order valence-electron chi connectivity index (χ2n) is 3.74. The van der Waals surface area contributed by atoms with Gasteiger partial charge in [-0.1, -0.05) is 30.3 Å². The summed E-state index contributed by atoms with van der Waals surface area (Å²) in [5.41, 5.74) is 6.43. The van der Waals surface area contributed by atoms with Crippen LogP contribution in [0.1, 0.15) is 10.8 Å². The van der Waals surface area contributed by atoms with Gasteiger partial charge in [0.25, 0.3) is 0 Å². The molecule has 90 valence electrons. The van der Waals surface area contributed by atoms with Gasteiger partial charge in [0, 0.05) is 16.3 Å². The van der Waals surface area contributed by atoms with Crippen molar-refractivity contribution in [2.24, 2.45) is 5.73 Å². The van der Waals surface area contributed by atoms with Crippen LogP contribution in [0.4, 0.5) is 8.78 Å². The van der Waals surface area contributed by atoms with E-state index in [1.54, 1.807) is 6.07 Å². The Balaban J connectivity index is 2.27. The summed E-state index contributed by atoms with van der Waals surface area (Å²) in [5.74, 6) is -0.850. The summed E-state index contributed by atoms with van der Waals surface area (Å²) in [6.45, 7) is -0.0214. The molecule has 0 amide bonds. The van der Waals surface area contributed by atoms with Gasteiger partial charge in [-0.2, -0.15) is 0 Å². The minimum Gasteiger partial charge on any atom is -0.330 e. The van der Waals surface area contributed by atoms with Gasteiger partial charge in [-0.3, -0.25) is 0 Å². The smallest absolute Gasteiger partial charge is 0.247 e. The first kappa shape index (κ1) is 12.2. The molecule has 0 fully saturated rings. The Morgan fingerprint density at radius 3 is 2.35 bits per heavy atom. The van der Waals surface area contributed by atoms with E-state index in [0.29, 0.717) is 4.88 Å². The van der Waals surface area contributed by atoms with Gasteiger partial charge in [0.2, 0.25) is 6.43 Å². The molecule has 2 N–H and O–H groups in total. The van der Waals surface area contributed by atoms with Crippen LogP contribution in [0.15, 0.2) is 42.5 Å². The number of rotatable bonds is 4. The molecule has 1 aromatic heterocycles. The number of nitrogens with two attached hydrogens (primary N) is 1. The van der Waals surface area contributed by atoms with Gasteiger partial charge in [-0.05, 0) is 17.7 Å². The number of hydrogen-bond donors (Lipinski definition) is 1. The van der Waals surface area contributed by atoms with Crippen LogP contribution in [-0.4, -0.2) is 13.0 Å². The Hall–Kier alpha value is -1.26. The first-order valence-electron chi connectivity index (χ1n) is 5.35. The van der Waals surface area contributed by atoms with Crippen LogP contribution in [0.25, 0.3) is 10.4 Å². The zero-order valence-electron chi connectivity index (χ0n) is 9.14. The highest BCUT2D eigenvalue weighted by Crippen LogP contribution is 2.34. The van der Waals surface area contributed by atoms with Gasteiger partial charge >= 0.3 is 0 Å². The monoisotopic (exact) mass is 253 g/mol. The van der Waals surface area contributed by atoms with Crippen molar-refractivity contribution >= 4 is 11.3 Å². The number of alkyl halides is 2. The fourth-order valence-corrected chi connectivity index (χ4v) is 2.78. The second kappa shape index (κ2) is 5.38. The van der Waals surface area contributed by atoms with Gasteiger partial charge < -0.3 is 5.73 Å². The van der Waals surface area contributed by atoms with E-state index in [9.17, 15) is 8.78 Å². The summed E-state index contributed by atoms with van der Waals surface area (Å²) in [7, 11) is 0. The Morgan fingerprint density at radius 2 is 1.76 bits per heavy atom. The van der Waals surface area contributed by atoms with Crippen LogP contribution in [0.2, 0.25) is 0 Å². The molecule has 0 radical (unpaired) electrons. The standard InChI is InChI=1S/C13H13F2NS/c14-13(15)10(8-16)12-7-6-11(17-12)9-4-2-1-3-5-9/h1-7,10,13H,8,16H2. The van der Waals surface area contributed by atoms with Gasteiger partial charge in [0.15, 0.2) is 0 Å². The number of thiophene rings is 1. The molecule has 0 saturated carbocycles. The van der Waals surface area contributed by atoms with Crippen molar-refractivity contribution < 1.29 is 8.78 Å². The van der Waals surface area contributed by atoms with E-state index in [4.69, 9.17) is 5.73 Å². The predicted molar refractivity (Wildman–Crippen MR) is 67.6 cm³/mol. The SMILES string of the molecule is NCC(c1ccc(-c2ccccc2)s1)C(F)F. The maximum atomic E-state index is 12.7. The molecular formula is C13H13F2NS. The topological polar surface area (TPSA) is 26.0 Å². The molecule has 0 aliphatic rings. The maximum absolute atomic E-state index is 12.7. The van der Waals surface area contributed by atoms with E-state index in [2.05, 4.69) is 0 Å². The Labute approximate surface area is 103 Å². The van der Waals surface area contributed by atoms with Crippen LogP contribution in [0.5, 0.6) is 0 Å². The van der Waals surface area contributed by atoms with E-state index in [-0.39, 0.29) is 6.54 Å². The van der Waals surface area contributed by atoms with Gasteiger partial charge in [-0.25, -0.2) is 8.78 Å². The van der Waals surface area contributed by atoms with Crippen LogP contribution in [0, 0.1) is 0 Å². The molecule has 1 nitrogen and oxygen atoms in total. The van der Waals surface area contributed by atoms with Crippen molar-refractivity contribution in [1.82, 2.24) is 0 Å². The molecule has 1 atom stereocenters. The number of hydrogen-bond acceptors (Lipinski definition) is 2. The number of benzene rings is 1. The van der Waals surface area contributed by atoms with Gasteiger partial charge in [0.05, 0.1) is 5.92 Å². The molecule has 2 aromatic rings. The molecule has 0 aliphatic carbocycles. The predicted octanol–water partition coefficient (Wildman–Crippen LogP) is 3.72. The van der Waals surface area contributed by atoms with Gasteiger partial charge in [-0.15, -0.1) is 11.3 Å². The molecule has 17 heavy (non-hydrogen) atoms. The molecule has 0 aliphatic heterocycles. The molecule has 1 aromatic carbocycles. The van der Waals surface area contributed by atoms with Crippen molar-refractivity contribution in [2.45, 2.75) is 12.3 Å². The van der Waals surface area contributed by atoms with Crippen LogP contribution >= 0.6 is 11.3 Å². The summed E-state index contributed by atoms with van der Waals surface area (Å²) in [6.07, 6.45) is -2.40. The molecule has 2 rings (SSSR count). The fraction of sp³-hybridized carbons (Fsp3) is 0.231. The zero-order valence-corrected chi connectivity index (χ0v) is 9.96. The Kier molecular flexibility index (Phi) is 3.86. The van der Waals surface area contributed by atoms with E-state index in [1.807, 2.05) is 36.4 Å². The van der Waals surface area contributed by atoms with E-state index in [0.717, 1.165) is 10.4 Å². The van der Waals surface area contributed by atoms with Crippen molar-refractivity contribution in [3.05, 3.63) is 47.3 Å². The Bertz CT molecular complexity index is 467. The summed E-state index contributed by atoms with van der Waals surface area (Å²) in [6, 6.07) is 13.4. The molecule has 0 spiro atoms. The lowest BCUT2D eigenvalue weighted by molar-refractivity contribution is 0.118. The first-order valence-corrected chi connectivity index (χ1v) is 6.17. The minimum atomic E-state index is -2.40. The molecule has 0 bridgehead atoms. The first-order chi connectivity index (χ1) is 8.22. The summed E-state index contributed by atoms with van der Waals surface area (Å²) >= 11 is 1.39. The van der Waals surface area contributed by atoms with E-state index >= 15 is 0 Å². The molecule has 4 heteroatoms. The molecule has 0 saturated heterocycles. The molecule has 1 unspecified atom stereocenters. The second-order valence-corrected chi connectivity index (χ2v) is 4.86. The molecule has 1 heterocycles. The van der Waals surface area contributed by atoms with Crippen LogP contribution in [-0.2, 0) is 0 Å². The summed E-state index contributed by atoms with van der Waals surface area (Å²) in [5, 5.41) is 0. The van der Waals surface area contributed by atoms with Crippen LogP contribution < -0.4 is 5.73 Å². The highest BCUT2D eigenvalue weighted by Gasteiger charge is 2.22. The lowest BCUT2D eigenvalue weighted by Gasteiger charge is -2.10. The van der Waals surface area contributed by atoms with Crippen molar-refractivity contribution in [3.8, 4) is 10.4 Å². The lowest BCUT2D eigenvalue weighted by atomic mass is 10.1. The third-order valence-corrected chi connectivity index (χ3v) is 3.87. The highest BCUT2D eigenvalue weighted by atomic mass is 32.1. The zero-order chi connectivity index (χ0) is 12.3. The van der Waals surface area contributed by atoms with E-state index < -0.39 is 12.3 Å². The third kappa shape index (κ3) is 2.70. The van der Waals surface area contributed by atoms with E-state index in [1.165, 1.54) is 11.3 Å².